The average molecular weight is 207 g/mol. The van der Waals surface area contributed by atoms with Crippen LogP contribution in [0.3, 0.4) is 0 Å². The summed E-state index contributed by atoms with van der Waals surface area (Å²) in [6.07, 6.45) is 2.15. The van der Waals surface area contributed by atoms with E-state index in [-0.39, 0.29) is 5.91 Å². The number of rotatable bonds is 4. The normalized spacial score (nSPS) is 10.4. The number of carbonyl (C=O) groups excluding carboxylic acids is 1. The molecule has 1 aromatic heterocycles. The van der Waals surface area contributed by atoms with Crippen LogP contribution in [0, 0.1) is 5.92 Å². The van der Waals surface area contributed by atoms with Crippen molar-refractivity contribution in [3.05, 3.63) is 23.9 Å². The predicted molar refractivity (Wildman–Crippen MR) is 60.2 cm³/mol. The van der Waals surface area contributed by atoms with Crippen molar-refractivity contribution in [1.29, 1.82) is 0 Å². The maximum Gasteiger partial charge on any atom is 0.225 e. The van der Waals surface area contributed by atoms with Crippen LogP contribution in [0.1, 0.15) is 25.8 Å². The zero-order valence-corrected chi connectivity index (χ0v) is 9.16. The van der Waals surface area contributed by atoms with Gasteiger partial charge in [0, 0.05) is 19.2 Å². The Hall–Kier alpha value is -1.42. The van der Waals surface area contributed by atoms with E-state index in [0.29, 0.717) is 24.7 Å². The zero-order valence-electron chi connectivity index (χ0n) is 9.16. The molecule has 0 saturated heterocycles. The van der Waals surface area contributed by atoms with E-state index < -0.39 is 0 Å². The molecule has 1 aromatic rings. The Morgan fingerprint density at radius 3 is 2.93 bits per heavy atom. The number of nitrogens with zero attached hydrogens (tertiary/aromatic N) is 1. The molecule has 4 heteroatoms. The van der Waals surface area contributed by atoms with Gasteiger partial charge >= 0.3 is 0 Å². The summed E-state index contributed by atoms with van der Waals surface area (Å²) in [5.74, 6) is 0.915. The second kappa shape index (κ2) is 5.46. The molecule has 82 valence electrons. The molecular formula is C11H17N3O. The molecule has 4 nitrogen and oxygen atoms in total. The molecule has 0 radical (unpaired) electrons. The third-order valence-electron chi connectivity index (χ3n) is 1.92. The maximum absolute atomic E-state index is 11.4. The lowest BCUT2D eigenvalue weighted by Crippen LogP contribution is -2.15. The maximum atomic E-state index is 11.4. The molecule has 1 amide bonds. The van der Waals surface area contributed by atoms with Gasteiger partial charge in [0.2, 0.25) is 5.91 Å². The molecule has 0 aliphatic carbocycles. The molecule has 0 spiro atoms. The first kappa shape index (κ1) is 11.7. The van der Waals surface area contributed by atoms with Crippen LogP contribution >= 0.6 is 0 Å². The summed E-state index contributed by atoms with van der Waals surface area (Å²) in [7, 11) is 0. The van der Waals surface area contributed by atoms with Gasteiger partial charge < -0.3 is 11.1 Å². The number of nitrogens with two attached hydrogens (primary N) is 1. The molecule has 0 atom stereocenters. The summed E-state index contributed by atoms with van der Waals surface area (Å²) in [6.45, 7) is 4.46. The standard InChI is InChI=1S/C11H17N3O/c1-8(2)5-11(15)14-10-6-9(7-12)3-4-13-10/h3-4,6,8H,5,7,12H2,1-2H3,(H,13,14,15). The minimum Gasteiger partial charge on any atom is -0.326 e. The Morgan fingerprint density at radius 2 is 2.33 bits per heavy atom. The van der Waals surface area contributed by atoms with E-state index in [9.17, 15) is 4.79 Å². The summed E-state index contributed by atoms with van der Waals surface area (Å²) in [6, 6.07) is 3.62. The first-order valence-electron chi connectivity index (χ1n) is 5.06. The largest absolute Gasteiger partial charge is 0.326 e. The number of amides is 1. The lowest BCUT2D eigenvalue weighted by molar-refractivity contribution is -0.116. The van der Waals surface area contributed by atoms with E-state index in [1.54, 1.807) is 12.3 Å². The fourth-order valence-corrected chi connectivity index (χ4v) is 1.23. The number of aromatic nitrogens is 1. The SMILES string of the molecule is CC(C)CC(=O)Nc1cc(CN)ccn1. The van der Waals surface area contributed by atoms with Gasteiger partial charge in [-0.25, -0.2) is 4.98 Å². The minimum atomic E-state index is -0.00771. The van der Waals surface area contributed by atoms with Gasteiger partial charge in [-0.15, -0.1) is 0 Å². The fraction of sp³-hybridized carbons (Fsp3) is 0.455. The summed E-state index contributed by atoms with van der Waals surface area (Å²) < 4.78 is 0. The number of anilines is 1. The summed E-state index contributed by atoms with van der Waals surface area (Å²) in [5.41, 5.74) is 6.45. The van der Waals surface area contributed by atoms with E-state index >= 15 is 0 Å². The Labute approximate surface area is 89.9 Å². The first-order valence-corrected chi connectivity index (χ1v) is 5.06. The van der Waals surface area contributed by atoms with Crippen molar-refractivity contribution < 1.29 is 4.79 Å². The minimum absolute atomic E-state index is 0.00771. The Bertz CT molecular complexity index is 336. The molecule has 0 saturated carbocycles. The topological polar surface area (TPSA) is 68.0 Å². The van der Waals surface area contributed by atoms with Gasteiger partial charge in [-0.05, 0) is 23.6 Å². The lowest BCUT2D eigenvalue weighted by atomic mass is 10.1. The summed E-state index contributed by atoms with van der Waals surface area (Å²) in [4.78, 5) is 15.5. The van der Waals surface area contributed by atoms with Crippen LogP contribution in [0.5, 0.6) is 0 Å². The van der Waals surface area contributed by atoms with E-state index in [4.69, 9.17) is 5.73 Å². The van der Waals surface area contributed by atoms with Crippen molar-refractivity contribution in [3.63, 3.8) is 0 Å². The van der Waals surface area contributed by atoms with E-state index in [1.165, 1.54) is 0 Å². The summed E-state index contributed by atoms with van der Waals surface area (Å²) in [5, 5.41) is 2.74. The van der Waals surface area contributed by atoms with Gasteiger partial charge in [0.15, 0.2) is 0 Å². The molecule has 0 aliphatic rings. The smallest absolute Gasteiger partial charge is 0.225 e. The van der Waals surface area contributed by atoms with Gasteiger partial charge in [-0.1, -0.05) is 13.8 Å². The quantitative estimate of drug-likeness (QED) is 0.786. The molecule has 3 N–H and O–H groups in total. The van der Waals surface area contributed by atoms with Gasteiger partial charge in [-0.3, -0.25) is 4.79 Å². The van der Waals surface area contributed by atoms with Crippen molar-refractivity contribution >= 4 is 11.7 Å². The number of nitrogens with one attached hydrogen (secondary N) is 1. The Kier molecular flexibility index (Phi) is 4.24. The Morgan fingerprint density at radius 1 is 1.60 bits per heavy atom. The van der Waals surface area contributed by atoms with Crippen molar-refractivity contribution in [2.45, 2.75) is 26.8 Å². The van der Waals surface area contributed by atoms with Crippen molar-refractivity contribution in [1.82, 2.24) is 4.98 Å². The number of hydrogen-bond donors (Lipinski definition) is 2. The first-order chi connectivity index (χ1) is 7.11. The van der Waals surface area contributed by atoms with Crippen LogP contribution in [0.15, 0.2) is 18.3 Å². The van der Waals surface area contributed by atoms with Crippen LogP contribution in [-0.2, 0) is 11.3 Å². The highest BCUT2D eigenvalue weighted by atomic mass is 16.1. The molecule has 1 rings (SSSR count). The van der Waals surface area contributed by atoms with Gasteiger partial charge in [0.1, 0.15) is 5.82 Å². The molecule has 1 heterocycles. The lowest BCUT2D eigenvalue weighted by Gasteiger charge is -2.07. The summed E-state index contributed by atoms with van der Waals surface area (Å²) >= 11 is 0. The fourth-order valence-electron chi connectivity index (χ4n) is 1.23. The highest BCUT2D eigenvalue weighted by molar-refractivity contribution is 5.89. The van der Waals surface area contributed by atoms with Crippen LogP contribution in [-0.4, -0.2) is 10.9 Å². The van der Waals surface area contributed by atoms with Crippen LogP contribution in [0.2, 0.25) is 0 Å². The highest BCUT2D eigenvalue weighted by Gasteiger charge is 2.05. The van der Waals surface area contributed by atoms with Crippen LogP contribution in [0.4, 0.5) is 5.82 Å². The Balaban J connectivity index is 2.60. The molecule has 0 aromatic carbocycles. The molecule has 0 unspecified atom stereocenters. The number of pyridine rings is 1. The van der Waals surface area contributed by atoms with Crippen molar-refractivity contribution in [2.75, 3.05) is 5.32 Å². The second-order valence-electron chi connectivity index (χ2n) is 3.90. The monoisotopic (exact) mass is 207 g/mol. The number of carbonyl (C=O) groups is 1. The molecule has 0 bridgehead atoms. The van der Waals surface area contributed by atoms with E-state index in [0.717, 1.165) is 5.56 Å². The van der Waals surface area contributed by atoms with Gasteiger partial charge in [-0.2, -0.15) is 0 Å². The predicted octanol–water partition coefficient (Wildman–Crippen LogP) is 1.52. The second-order valence-corrected chi connectivity index (χ2v) is 3.90. The zero-order chi connectivity index (χ0) is 11.3. The molecule has 0 fully saturated rings. The highest BCUT2D eigenvalue weighted by Crippen LogP contribution is 2.08. The van der Waals surface area contributed by atoms with Crippen molar-refractivity contribution in [3.8, 4) is 0 Å². The molecular weight excluding hydrogens is 190 g/mol. The van der Waals surface area contributed by atoms with Crippen LogP contribution < -0.4 is 11.1 Å². The van der Waals surface area contributed by atoms with E-state index in [2.05, 4.69) is 10.3 Å². The molecule has 15 heavy (non-hydrogen) atoms. The average Bonchev–Trinajstić information content (AvgIpc) is 2.16. The third-order valence-corrected chi connectivity index (χ3v) is 1.92. The number of hydrogen-bond acceptors (Lipinski definition) is 3. The molecule has 0 aliphatic heterocycles. The van der Waals surface area contributed by atoms with Crippen molar-refractivity contribution in [2.24, 2.45) is 11.7 Å². The van der Waals surface area contributed by atoms with E-state index in [1.807, 2.05) is 19.9 Å². The van der Waals surface area contributed by atoms with Gasteiger partial charge in [0.05, 0.1) is 0 Å². The third kappa shape index (κ3) is 4.08. The van der Waals surface area contributed by atoms with Crippen LogP contribution in [0.25, 0.3) is 0 Å². The van der Waals surface area contributed by atoms with Gasteiger partial charge in [0.25, 0.3) is 0 Å².